The molecule has 1 aliphatic rings. The van der Waals surface area contributed by atoms with Gasteiger partial charge in [0.1, 0.15) is 0 Å². The predicted molar refractivity (Wildman–Crippen MR) is 53.5 cm³/mol. The third-order valence-electron chi connectivity index (χ3n) is 3.21. The van der Waals surface area contributed by atoms with E-state index >= 15 is 0 Å². The van der Waals surface area contributed by atoms with E-state index in [9.17, 15) is 13.9 Å². The standard InChI is InChI=1S/C12H14F2O/c1-8-4-5-9(11(14)10(8)13)12(15)6-2-3-7-12/h4-5,15H,2-3,6-7H2,1H3. The largest absolute Gasteiger partial charge is 0.385 e. The summed E-state index contributed by atoms with van der Waals surface area (Å²) in [6.45, 7) is 1.51. The van der Waals surface area contributed by atoms with Crippen molar-refractivity contribution in [2.24, 2.45) is 0 Å². The second-order valence-corrected chi connectivity index (χ2v) is 4.30. The normalized spacial score (nSPS) is 19.5. The van der Waals surface area contributed by atoms with Gasteiger partial charge < -0.3 is 5.11 Å². The van der Waals surface area contributed by atoms with E-state index in [4.69, 9.17) is 0 Å². The molecule has 1 fully saturated rings. The zero-order valence-corrected chi connectivity index (χ0v) is 8.69. The van der Waals surface area contributed by atoms with Crippen molar-refractivity contribution in [3.05, 3.63) is 34.9 Å². The zero-order valence-electron chi connectivity index (χ0n) is 8.69. The maximum atomic E-state index is 13.6. The highest BCUT2D eigenvalue weighted by Crippen LogP contribution is 2.40. The van der Waals surface area contributed by atoms with Crippen LogP contribution in [0.3, 0.4) is 0 Å². The van der Waals surface area contributed by atoms with E-state index < -0.39 is 17.2 Å². The van der Waals surface area contributed by atoms with Crippen molar-refractivity contribution in [1.29, 1.82) is 0 Å². The van der Waals surface area contributed by atoms with E-state index in [1.165, 1.54) is 19.1 Å². The molecule has 3 heteroatoms. The fourth-order valence-corrected chi connectivity index (χ4v) is 2.23. The number of halogens is 2. The van der Waals surface area contributed by atoms with E-state index in [-0.39, 0.29) is 11.1 Å². The van der Waals surface area contributed by atoms with Crippen LogP contribution in [0.2, 0.25) is 0 Å². The molecule has 1 N–H and O–H groups in total. The molecule has 0 unspecified atom stereocenters. The predicted octanol–water partition coefficient (Wildman–Crippen LogP) is 3.03. The van der Waals surface area contributed by atoms with Crippen molar-refractivity contribution in [2.45, 2.75) is 38.2 Å². The number of aliphatic hydroxyl groups is 1. The number of aryl methyl sites for hydroxylation is 1. The van der Waals surface area contributed by atoms with Gasteiger partial charge in [0.05, 0.1) is 5.60 Å². The Morgan fingerprint density at radius 1 is 1.13 bits per heavy atom. The first-order valence-electron chi connectivity index (χ1n) is 5.22. The molecule has 0 bridgehead atoms. The van der Waals surface area contributed by atoms with E-state index in [1.54, 1.807) is 0 Å². The lowest BCUT2D eigenvalue weighted by Gasteiger charge is -2.23. The molecule has 0 aliphatic heterocycles. The molecular weight excluding hydrogens is 198 g/mol. The first kappa shape index (κ1) is 10.6. The van der Waals surface area contributed by atoms with Gasteiger partial charge in [-0.2, -0.15) is 0 Å². The molecule has 0 aromatic heterocycles. The Balaban J connectivity index is 2.49. The van der Waals surface area contributed by atoms with Gasteiger partial charge in [-0.3, -0.25) is 0 Å². The van der Waals surface area contributed by atoms with Crippen molar-refractivity contribution in [3.8, 4) is 0 Å². The molecule has 0 spiro atoms. The number of hydrogen-bond donors (Lipinski definition) is 1. The average Bonchev–Trinajstić information content (AvgIpc) is 2.62. The van der Waals surface area contributed by atoms with Gasteiger partial charge in [0.15, 0.2) is 11.6 Å². The third-order valence-corrected chi connectivity index (χ3v) is 3.21. The summed E-state index contributed by atoms with van der Waals surface area (Å²) in [6.07, 6.45) is 2.77. The highest BCUT2D eigenvalue weighted by Gasteiger charge is 2.36. The van der Waals surface area contributed by atoms with Crippen LogP contribution in [-0.2, 0) is 5.60 Å². The summed E-state index contributed by atoms with van der Waals surface area (Å²) in [5, 5.41) is 10.2. The maximum Gasteiger partial charge on any atom is 0.165 e. The summed E-state index contributed by atoms with van der Waals surface area (Å²) in [6, 6.07) is 3.02. The van der Waals surface area contributed by atoms with E-state index in [0.29, 0.717) is 12.8 Å². The van der Waals surface area contributed by atoms with Gasteiger partial charge in [-0.25, -0.2) is 8.78 Å². The van der Waals surface area contributed by atoms with Crippen LogP contribution in [0.25, 0.3) is 0 Å². The number of hydrogen-bond acceptors (Lipinski definition) is 1. The molecule has 1 aromatic rings. The molecular formula is C12H14F2O. The fourth-order valence-electron chi connectivity index (χ4n) is 2.23. The minimum absolute atomic E-state index is 0.114. The van der Waals surface area contributed by atoms with Crippen molar-refractivity contribution in [3.63, 3.8) is 0 Å². The second-order valence-electron chi connectivity index (χ2n) is 4.30. The third kappa shape index (κ3) is 1.65. The Kier molecular flexibility index (Phi) is 2.51. The highest BCUT2D eigenvalue weighted by atomic mass is 19.2. The van der Waals surface area contributed by atoms with Crippen LogP contribution in [0.5, 0.6) is 0 Å². The summed E-state index contributed by atoms with van der Waals surface area (Å²) in [7, 11) is 0. The van der Waals surface area contributed by atoms with Gasteiger partial charge in [0.25, 0.3) is 0 Å². The van der Waals surface area contributed by atoms with Crippen molar-refractivity contribution in [1.82, 2.24) is 0 Å². The van der Waals surface area contributed by atoms with Gasteiger partial charge in [-0.15, -0.1) is 0 Å². The zero-order chi connectivity index (χ0) is 11.1. The molecule has 0 atom stereocenters. The summed E-state index contributed by atoms with van der Waals surface area (Å²) < 4.78 is 27.0. The molecule has 2 rings (SSSR count). The molecule has 15 heavy (non-hydrogen) atoms. The van der Waals surface area contributed by atoms with Crippen molar-refractivity contribution in [2.75, 3.05) is 0 Å². The van der Waals surface area contributed by atoms with E-state index in [2.05, 4.69) is 0 Å². The molecule has 1 saturated carbocycles. The summed E-state index contributed by atoms with van der Waals surface area (Å²) in [5.74, 6) is -1.73. The Bertz CT molecular complexity index is 381. The maximum absolute atomic E-state index is 13.6. The highest BCUT2D eigenvalue weighted by molar-refractivity contribution is 5.30. The van der Waals surface area contributed by atoms with Gasteiger partial charge in [-0.1, -0.05) is 25.0 Å². The van der Waals surface area contributed by atoms with E-state index in [1.807, 2.05) is 0 Å². The first-order chi connectivity index (χ1) is 7.04. The lowest BCUT2D eigenvalue weighted by molar-refractivity contribution is 0.0400. The van der Waals surface area contributed by atoms with Crippen molar-refractivity contribution >= 4 is 0 Å². The van der Waals surface area contributed by atoms with Gasteiger partial charge in [0.2, 0.25) is 0 Å². The lowest BCUT2D eigenvalue weighted by atomic mass is 9.91. The van der Waals surface area contributed by atoms with Crippen LogP contribution in [-0.4, -0.2) is 5.11 Å². The van der Waals surface area contributed by atoms with Gasteiger partial charge in [0, 0.05) is 5.56 Å². The van der Waals surface area contributed by atoms with Crippen LogP contribution in [0.15, 0.2) is 12.1 Å². The minimum atomic E-state index is -1.15. The molecule has 1 nitrogen and oxygen atoms in total. The molecule has 0 heterocycles. The molecule has 0 amide bonds. The molecule has 0 radical (unpaired) electrons. The summed E-state index contributed by atoms with van der Waals surface area (Å²) in [4.78, 5) is 0. The Hall–Kier alpha value is -0.960. The summed E-state index contributed by atoms with van der Waals surface area (Å²) in [5.41, 5.74) is -0.764. The monoisotopic (exact) mass is 212 g/mol. The van der Waals surface area contributed by atoms with Crippen LogP contribution in [0.4, 0.5) is 8.78 Å². The Morgan fingerprint density at radius 3 is 2.33 bits per heavy atom. The van der Waals surface area contributed by atoms with Crippen LogP contribution >= 0.6 is 0 Å². The number of benzene rings is 1. The molecule has 1 aromatic carbocycles. The van der Waals surface area contributed by atoms with Crippen LogP contribution < -0.4 is 0 Å². The Labute approximate surface area is 87.7 Å². The first-order valence-corrected chi connectivity index (χ1v) is 5.22. The topological polar surface area (TPSA) is 20.2 Å². The van der Waals surface area contributed by atoms with Crippen LogP contribution in [0.1, 0.15) is 36.8 Å². The molecule has 1 aliphatic carbocycles. The smallest absolute Gasteiger partial charge is 0.165 e. The molecule has 0 saturated heterocycles. The SMILES string of the molecule is Cc1ccc(C2(O)CCCC2)c(F)c1F. The van der Waals surface area contributed by atoms with Crippen molar-refractivity contribution < 1.29 is 13.9 Å². The fraction of sp³-hybridized carbons (Fsp3) is 0.500. The van der Waals surface area contributed by atoms with Gasteiger partial charge in [-0.05, 0) is 25.3 Å². The summed E-state index contributed by atoms with van der Waals surface area (Å²) >= 11 is 0. The number of rotatable bonds is 1. The lowest BCUT2D eigenvalue weighted by Crippen LogP contribution is -2.23. The second kappa shape index (κ2) is 3.56. The van der Waals surface area contributed by atoms with Crippen LogP contribution in [0, 0.1) is 18.6 Å². The minimum Gasteiger partial charge on any atom is -0.385 e. The van der Waals surface area contributed by atoms with Gasteiger partial charge >= 0.3 is 0 Å². The molecule has 82 valence electrons. The Morgan fingerprint density at radius 2 is 1.73 bits per heavy atom. The quantitative estimate of drug-likeness (QED) is 0.758. The average molecular weight is 212 g/mol. The van der Waals surface area contributed by atoms with E-state index in [0.717, 1.165) is 12.8 Å².